The highest BCUT2D eigenvalue weighted by Gasteiger charge is 2.53. The van der Waals surface area contributed by atoms with E-state index in [1.807, 2.05) is 11.3 Å². The van der Waals surface area contributed by atoms with E-state index in [2.05, 4.69) is 12.2 Å². The summed E-state index contributed by atoms with van der Waals surface area (Å²) < 4.78 is 0. The molecule has 2 fully saturated rings. The van der Waals surface area contributed by atoms with Gasteiger partial charge in [-0.2, -0.15) is 0 Å². The van der Waals surface area contributed by atoms with Gasteiger partial charge in [-0.3, -0.25) is 0 Å². The molecule has 3 aliphatic rings. The number of nitrogens with one attached hydrogen (secondary N) is 1. The van der Waals surface area contributed by atoms with Crippen LogP contribution in [-0.4, -0.2) is 11.5 Å². The highest BCUT2D eigenvalue weighted by molar-refractivity contribution is 7.12. The van der Waals surface area contributed by atoms with Crippen molar-refractivity contribution in [2.45, 2.75) is 57.4 Å². The normalized spacial score (nSPS) is 37.4. The first-order valence-electron chi connectivity index (χ1n) is 7.56. The molecule has 0 aromatic carbocycles. The molecule has 3 atom stereocenters. The third-order valence-corrected chi connectivity index (χ3v) is 6.65. The van der Waals surface area contributed by atoms with Gasteiger partial charge in [0, 0.05) is 4.88 Å². The summed E-state index contributed by atoms with van der Waals surface area (Å²) in [6.45, 7) is 3.32. The lowest BCUT2D eigenvalue weighted by Crippen LogP contribution is -2.46. The molecule has 98 valence electrons. The van der Waals surface area contributed by atoms with Crippen LogP contribution in [0.5, 0.6) is 0 Å². The van der Waals surface area contributed by atoms with Crippen LogP contribution in [0.4, 0.5) is 0 Å². The Morgan fingerprint density at radius 1 is 1.39 bits per heavy atom. The zero-order chi connectivity index (χ0) is 12.2. The molecular weight excluding hydrogens is 240 g/mol. The van der Waals surface area contributed by atoms with E-state index >= 15 is 0 Å². The van der Waals surface area contributed by atoms with Crippen LogP contribution in [0.1, 0.15) is 54.6 Å². The number of thiazole rings is 1. The minimum absolute atomic E-state index is 0.257. The van der Waals surface area contributed by atoms with Crippen molar-refractivity contribution in [2.75, 3.05) is 6.54 Å². The average Bonchev–Trinajstić information content (AvgIpc) is 3.08. The van der Waals surface area contributed by atoms with Gasteiger partial charge in [0.1, 0.15) is 5.01 Å². The fraction of sp³-hybridized carbons (Fsp3) is 0.800. The zero-order valence-corrected chi connectivity index (χ0v) is 12.0. The van der Waals surface area contributed by atoms with Crippen LogP contribution in [0, 0.1) is 11.8 Å². The molecule has 0 aliphatic heterocycles. The molecule has 2 bridgehead atoms. The van der Waals surface area contributed by atoms with Gasteiger partial charge in [0.05, 0.1) is 11.2 Å². The first-order chi connectivity index (χ1) is 8.82. The van der Waals surface area contributed by atoms with E-state index in [1.165, 1.54) is 55.6 Å². The van der Waals surface area contributed by atoms with E-state index in [0.717, 1.165) is 18.4 Å². The number of aryl methyl sites for hydroxylation is 2. The summed E-state index contributed by atoms with van der Waals surface area (Å²) >= 11 is 2.02. The summed E-state index contributed by atoms with van der Waals surface area (Å²) in [5, 5.41) is 5.27. The topological polar surface area (TPSA) is 24.9 Å². The molecule has 1 N–H and O–H groups in total. The monoisotopic (exact) mass is 262 g/mol. The molecule has 2 nitrogen and oxygen atoms in total. The Morgan fingerprint density at radius 2 is 2.33 bits per heavy atom. The van der Waals surface area contributed by atoms with E-state index in [9.17, 15) is 0 Å². The first-order valence-corrected chi connectivity index (χ1v) is 8.37. The largest absolute Gasteiger partial charge is 0.305 e. The number of hydrogen-bond donors (Lipinski definition) is 1. The minimum Gasteiger partial charge on any atom is -0.305 e. The molecule has 18 heavy (non-hydrogen) atoms. The Labute approximate surface area is 113 Å². The van der Waals surface area contributed by atoms with Crippen molar-refractivity contribution >= 4 is 11.3 Å². The van der Waals surface area contributed by atoms with E-state index in [-0.39, 0.29) is 5.54 Å². The maximum absolute atomic E-state index is 5.04. The van der Waals surface area contributed by atoms with E-state index in [1.54, 1.807) is 4.88 Å². The first kappa shape index (κ1) is 11.4. The van der Waals surface area contributed by atoms with Gasteiger partial charge in [0.15, 0.2) is 0 Å². The lowest BCUT2D eigenvalue weighted by molar-refractivity contribution is 0.213. The molecular formula is C15H22N2S. The quantitative estimate of drug-likeness (QED) is 0.904. The zero-order valence-electron chi connectivity index (χ0n) is 11.2. The predicted molar refractivity (Wildman–Crippen MR) is 74.9 cm³/mol. The van der Waals surface area contributed by atoms with Crippen molar-refractivity contribution in [1.82, 2.24) is 10.3 Å². The van der Waals surface area contributed by atoms with E-state index in [0.29, 0.717) is 0 Å². The van der Waals surface area contributed by atoms with Crippen molar-refractivity contribution in [1.29, 1.82) is 0 Å². The Balaban J connectivity index is 1.74. The second-order valence-electron chi connectivity index (χ2n) is 6.32. The van der Waals surface area contributed by atoms with Crippen molar-refractivity contribution < 1.29 is 0 Å². The molecule has 3 aliphatic carbocycles. The Kier molecular flexibility index (Phi) is 2.56. The van der Waals surface area contributed by atoms with Crippen molar-refractivity contribution in [3.05, 3.63) is 15.6 Å². The fourth-order valence-corrected chi connectivity index (χ4v) is 5.99. The van der Waals surface area contributed by atoms with Gasteiger partial charge in [-0.05, 0) is 56.9 Å². The maximum atomic E-state index is 5.04. The smallest absolute Gasteiger partial charge is 0.114 e. The van der Waals surface area contributed by atoms with E-state index < -0.39 is 0 Å². The standard InChI is InChI=1S/C15H22N2S/c1-2-16-15(9-10-6-7-11(15)8-10)14-17-12-4-3-5-13(12)18-14/h10-11,16H,2-9H2,1H3. The van der Waals surface area contributed by atoms with Gasteiger partial charge < -0.3 is 5.32 Å². The van der Waals surface area contributed by atoms with Gasteiger partial charge in [-0.25, -0.2) is 4.98 Å². The average molecular weight is 262 g/mol. The van der Waals surface area contributed by atoms with Gasteiger partial charge in [-0.1, -0.05) is 13.3 Å². The predicted octanol–water partition coefficient (Wildman–Crippen LogP) is 3.26. The van der Waals surface area contributed by atoms with E-state index in [4.69, 9.17) is 4.98 Å². The van der Waals surface area contributed by atoms with Gasteiger partial charge >= 0.3 is 0 Å². The summed E-state index contributed by atoms with van der Waals surface area (Å²) in [6.07, 6.45) is 9.50. The second-order valence-corrected chi connectivity index (χ2v) is 7.41. The number of aromatic nitrogens is 1. The van der Waals surface area contributed by atoms with Crippen molar-refractivity contribution in [3.63, 3.8) is 0 Å². The molecule has 3 heteroatoms. The third kappa shape index (κ3) is 1.47. The van der Waals surface area contributed by atoms with Crippen molar-refractivity contribution in [3.8, 4) is 0 Å². The van der Waals surface area contributed by atoms with Crippen LogP contribution in [0.2, 0.25) is 0 Å². The Bertz CT molecular complexity index is 446. The van der Waals surface area contributed by atoms with Crippen LogP contribution in [0.15, 0.2) is 0 Å². The van der Waals surface area contributed by atoms with Crippen molar-refractivity contribution in [2.24, 2.45) is 11.8 Å². The minimum atomic E-state index is 0.257. The number of nitrogens with zero attached hydrogens (tertiary/aromatic N) is 1. The molecule has 0 radical (unpaired) electrons. The highest BCUT2D eigenvalue weighted by Crippen LogP contribution is 2.56. The second kappa shape index (κ2) is 4.04. The molecule has 1 aromatic rings. The molecule has 1 aromatic heterocycles. The summed E-state index contributed by atoms with van der Waals surface area (Å²) in [5.74, 6) is 1.82. The summed E-state index contributed by atoms with van der Waals surface area (Å²) in [7, 11) is 0. The number of fused-ring (bicyclic) bond motifs is 3. The maximum Gasteiger partial charge on any atom is 0.114 e. The molecule has 3 unspecified atom stereocenters. The summed E-state index contributed by atoms with van der Waals surface area (Å²) in [6, 6.07) is 0. The molecule has 0 spiro atoms. The van der Waals surface area contributed by atoms with Crippen LogP contribution in [0.3, 0.4) is 0 Å². The fourth-order valence-electron chi connectivity index (χ4n) is 4.58. The van der Waals surface area contributed by atoms with Crippen LogP contribution < -0.4 is 5.32 Å². The third-order valence-electron chi connectivity index (χ3n) is 5.32. The molecule has 0 amide bonds. The van der Waals surface area contributed by atoms with Gasteiger partial charge in [0.25, 0.3) is 0 Å². The van der Waals surface area contributed by atoms with Crippen LogP contribution in [0.25, 0.3) is 0 Å². The number of hydrogen-bond acceptors (Lipinski definition) is 3. The molecule has 2 saturated carbocycles. The SMILES string of the molecule is CCNC1(c2nc3c(s2)CCC3)CC2CCC1C2. The summed E-state index contributed by atoms with van der Waals surface area (Å²) in [5.41, 5.74) is 1.68. The van der Waals surface area contributed by atoms with Gasteiger partial charge in [0.2, 0.25) is 0 Å². The molecule has 1 heterocycles. The number of rotatable bonds is 3. The summed E-state index contributed by atoms with van der Waals surface area (Å²) in [4.78, 5) is 6.63. The Morgan fingerprint density at radius 3 is 3.00 bits per heavy atom. The molecule has 4 rings (SSSR count). The Hall–Kier alpha value is -0.410. The van der Waals surface area contributed by atoms with Gasteiger partial charge in [-0.15, -0.1) is 11.3 Å². The molecule has 0 saturated heterocycles. The van der Waals surface area contributed by atoms with Crippen LogP contribution in [-0.2, 0) is 18.4 Å². The lowest BCUT2D eigenvalue weighted by Gasteiger charge is -2.37. The van der Waals surface area contributed by atoms with Crippen LogP contribution >= 0.6 is 11.3 Å². The lowest BCUT2D eigenvalue weighted by atomic mass is 9.81. The highest BCUT2D eigenvalue weighted by atomic mass is 32.1.